The number of halogens is 1. The summed E-state index contributed by atoms with van der Waals surface area (Å²) >= 11 is 2.52. The van der Waals surface area contributed by atoms with Gasteiger partial charge < -0.3 is 4.74 Å². The summed E-state index contributed by atoms with van der Waals surface area (Å²) in [5.74, 6) is 3.43. The maximum Gasteiger partial charge on any atom is 0.309 e. The Kier molecular flexibility index (Phi) is 2.13. The second-order valence-electron chi connectivity index (χ2n) is 6.00. The number of carbonyl (C=O) groups excluding carboxylic acids is 1. The Labute approximate surface area is 110 Å². The van der Waals surface area contributed by atoms with Crippen LogP contribution in [0.2, 0.25) is 0 Å². The van der Waals surface area contributed by atoms with Gasteiger partial charge in [-0.1, -0.05) is 54.7 Å². The van der Waals surface area contributed by atoms with E-state index in [0.29, 0.717) is 27.8 Å². The topological polar surface area (TPSA) is 26.3 Å². The van der Waals surface area contributed by atoms with Crippen molar-refractivity contribution < 1.29 is 9.53 Å². The molecule has 0 amide bonds. The molecule has 1 aliphatic heterocycles. The summed E-state index contributed by atoms with van der Waals surface area (Å²) in [6.07, 6.45) is 7.20. The van der Waals surface area contributed by atoms with Gasteiger partial charge in [-0.25, -0.2) is 0 Å². The van der Waals surface area contributed by atoms with Gasteiger partial charge in [-0.05, 0) is 17.8 Å². The van der Waals surface area contributed by atoms with E-state index in [1.807, 2.05) is 0 Å². The molecule has 0 N–H and O–H groups in total. The van der Waals surface area contributed by atoms with Gasteiger partial charge >= 0.3 is 5.97 Å². The molecule has 88 valence electrons. The summed E-state index contributed by atoms with van der Waals surface area (Å²) in [6, 6.07) is 0. The van der Waals surface area contributed by atoms with Crippen LogP contribution in [0.25, 0.3) is 0 Å². The molecule has 0 aromatic heterocycles. The fraction of sp³-hybridized carbons (Fsp3) is 0.923. The SMILES string of the molecule is O=C1O[C@@H]2[C@H](I)[C@@H]3[C@H](C4CCCCC4)[C@@H]1[C@H]23. The number of esters is 1. The Balaban J connectivity index is 1.58. The number of ether oxygens (including phenoxy) is 1. The molecule has 4 rings (SSSR count). The molecule has 1 saturated heterocycles. The van der Waals surface area contributed by atoms with Crippen LogP contribution in [0.5, 0.6) is 0 Å². The molecule has 0 spiro atoms. The molecule has 3 heteroatoms. The van der Waals surface area contributed by atoms with E-state index in [2.05, 4.69) is 22.6 Å². The Morgan fingerprint density at radius 3 is 2.56 bits per heavy atom. The van der Waals surface area contributed by atoms with Crippen molar-refractivity contribution in [3.8, 4) is 0 Å². The third-order valence-electron chi connectivity index (χ3n) is 5.50. The Morgan fingerprint density at radius 1 is 1.06 bits per heavy atom. The van der Waals surface area contributed by atoms with Crippen molar-refractivity contribution in [2.24, 2.45) is 29.6 Å². The van der Waals surface area contributed by atoms with Crippen molar-refractivity contribution in [2.75, 3.05) is 0 Å². The highest BCUT2D eigenvalue weighted by atomic mass is 127. The van der Waals surface area contributed by atoms with Gasteiger partial charge in [0.15, 0.2) is 0 Å². The third-order valence-corrected chi connectivity index (χ3v) is 7.04. The monoisotopic (exact) mass is 332 g/mol. The predicted molar refractivity (Wildman–Crippen MR) is 68.2 cm³/mol. The normalized spacial score (nSPS) is 54.9. The molecule has 0 bridgehead atoms. The molecule has 0 aromatic carbocycles. The average molecular weight is 332 g/mol. The van der Waals surface area contributed by atoms with Crippen molar-refractivity contribution >= 4 is 28.6 Å². The lowest BCUT2D eigenvalue weighted by Crippen LogP contribution is -2.66. The summed E-state index contributed by atoms with van der Waals surface area (Å²) in [5.41, 5.74) is 0. The maximum absolute atomic E-state index is 11.8. The maximum atomic E-state index is 11.8. The van der Waals surface area contributed by atoms with Crippen LogP contribution in [-0.2, 0) is 9.53 Å². The van der Waals surface area contributed by atoms with Crippen molar-refractivity contribution in [1.82, 2.24) is 0 Å². The van der Waals surface area contributed by atoms with Gasteiger partial charge in [0.2, 0.25) is 0 Å². The Bertz CT molecular complexity index is 337. The molecule has 0 radical (unpaired) electrons. The number of hydrogen-bond acceptors (Lipinski definition) is 2. The molecule has 1 heterocycles. The molecule has 3 aliphatic carbocycles. The molecular formula is C13H17IO2. The van der Waals surface area contributed by atoms with Crippen LogP contribution in [-0.4, -0.2) is 16.0 Å². The van der Waals surface area contributed by atoms with E-state index < -0.39 is 0 Å². The van der Waals surface area contributed by atoms with E-state index in [-0.39, 0.29) is 5.97 Å². The Hall–Kier alpha value is 0.200. The number of alkyl halides is 1. The first-order valence-corrected chi connectivity index (χ1v) is 7.88. The van der Waals surface area contributed by atoms with E-state index in [1.165, 1.54) is 32.1 Å². The van der Waals surface area contributed by atoms with Crippen LogP contribution in [0.3, 0.4) is 0 Å². The molecule has 6 atom stereocenters. The number of carbonyl (C=O) groups is 1. The number of rotatable bonds is 1. The first-order valence-electron chi connectivity index (χ1n) is 6.63. The fourth-order valence-corrected chi connectivity index (χ4v) is 6.36. The molecule has 0 aromatic rings. The molecule has 4 fully saturated rings. The van der Waals surface area contributed by atoms with Gasteiger partial charge in [0.05, 0.1) is 9.84 Å². The molecule has 16 heavy (non-hydrogen) atoms. The lowest BCUT2D eigenvalue weighted by atomic mass is 9.43. The molecule has 3 saturated carbocycles. The van der Waals surface area contributed by atoms with Gasteiger partial charge in [0.1, 0.15) is 6.10 Å². The van der Waals surface area contributed by atoms with E-state index in [9.17, 15) is 4.79 Å². The molecule has 0 unspecified atom stereocenters. The summed E-state index contributed by atoms with van der Waals surface area (Å²) in [4.78, 5) is 11.8. The Morgan fingerprint density at radius 2 is 1.81 bits per heavy atom. The van der Waals surface area contributed by atoms with Crippen LogP contribution < -0.4 is 0 Å². The molecule has 2 nitrogen and oxygen atoms in total. The van der Waals surface area contributed by atoms with Gasteiger partial charge in [-0.2, -0.15) is 0 Å². The van der Waals surface area contributed by atoms with E-state index in [1.54, 1.807) is 0 Å². The highest BCUT2D eigenvalue weighted by Gasteiger charge is 2.74. The second-order valence-corrected chi connectivity index (χ2v) is 7.44. The predicted octanol–water partition coefficient (Wildman–Crippen LogP) is 2.79. The van der Waals surface area contributed by atoms with Crippen molar-refractivity contribution in [3.63, 3.8) is 0 Å². The number of hydrogen-bond donors (Lipinski definition) is 0. The van der Waals surface area contributed by atoms with Gasteiger partial charge in [0.25, 0.3) is 0 Å². The highest BCUT2D eigenvalue weighted by molar-refractivity contribution is 14.1. The van der Waals surface area contributed by atoms with E-state index >= 15 is 0 Å². The van der Waals surface area contributed by atoms with E-state index in [4.69, 9.17) is 4.74 Å². The zero-order valence-electron chi connectivity index (χ0n) is 9.27. The second kappa shape index (κ2) is 3.36. The van der Waals surface area contributed by atoms with Crippen LogP contribution in [0.15, 0.2) is 0 Å². The largest absolute Gasteiger partial charge is 0.461 e. The molecular weight excluding hydrogens is 315 g/mol. The standard InChI is InChI=1S/C13H17IO2/c14-11-8-7(6-4-2-1-3-5-6)10-9(8)12(11)16-13(10)15/h6-12H,1-5H2/t7-,8+,9+,10+,11+,12-/m0/s1. The zero-order valence-corrected chi connectivity index (χ0v) is 11.4. The van der Waals surface area contributed by atoms with Gasteiger partial charge in [-0.15, -0.1) is 0 Å². The average Bonchev–Trinajstić information content (AvgIpc) is 2.43. The first-order chi connectivity index (χ1) is 7.79. The fourth-order valence-electron chi connectivity index (χ4n) is 4.78. The lowest BCUT2D eigenvalue weighted by Gasteiger charge is -2.61. The minimum absolute atomic E-state index is 0.140. The first kappa shape index (κ1) is 10.2. The quantitative estimate of drug-likeness (QED) is 0.419. The zero-order chi connectivity index (χ0) is 10.9. The minimum atomic E-state index is 0.140. The summed E-state index contributed by atoms with van der Waals surface area (Å²) in [6.45, 7) is 0. The van der Waals surface area contributed by atoms with Gasteiger partial charge in [-0.3, -0.25) is 4.79 Å². The van der Waals surface area contributed by atoms with Crippen molar-refractivity contribution in [1.29, 1.82) is 0 Å². The van der Waals surface area contributed by atoms with Crippen LogP contribution in [0.1, 0.15) is 32.1 Å². The summed E-state index contributed by atoms with van der Waals surface area (Å²) in [5, 5.41) is 0. The smallest absolute Gasteiger partial charge is 0.309 e. The highest BCUT2D eigenvalue weighted by Crippen LogP contribution is 2.68. The summed E-state index contributed by atoms with van der Waals surface area (Å²) in [7, 11) is 0. The van der Waals surface area contributed by atoms with Gasteiger partial charge in [0, 0.05) is 5.92 Å². The van der Waals surface area contributed by atoms with Crippen LogP contribution >= 0.6 is 22.6 Å². The van der Waals surface area contributed by atoms with E-state index in [0.717, 1.165) is 11.8 Å². The summed E-state index contributed by atoms with van der Waals surface area (Å²) < 4.78 is 6.12. The van der Waals surface area contributed by atoms with Crippen molar-refractivity contribution in [3.05, 3.63) is 0 Å². The lowest BCUT2D eigenvalue weighted by molar-refractivity contribution is -0.146. The minimum Gasteiger partial charge on any atom is -0.461 e. The van der Waals surface area contributed by atoms with Crippen LogP contribution in [0.4, 0.5) is 0 Å². The van der Waals surface area contributed by atoms with Crippen molar-refractivity contribution in [2.45, 2.75) is 42.1 Å². The van der Waals surface area contributed by atoms with Crippen LogP contribution in [0, 0.1) is 29.6 Å². The third kappa shape index (κ3) is 1.06. The molecule has 4 aliphatic rings.